The lowest BCUT2D eigenvalue weighted by Gasteiger charge is -2.06. The predicted molar refractivity (Wildman–Crippen MR) is 57.7 cm³/mol. The van der Waals surface area contributed by atoms with E-state index in [0.29, 0.717) is 16.6 Å². The zero-order valence-corrected chi connectivity index (χ0v) is 8.38. The third kappa shape index (κ3) is 1.36. The number of rotatable bonds is 1. The van der Waals surface area contributed by atoms with E-state index in [-0.39, 0.29) is 0 Å². The van der Waals surface area contributed by atoms with Crippen LogP contribution in [0.3, 0.4) is 0 Å². The van der Waals surface area contributed by atoms with Crippen LogP contribution in [0, 0.1) is 0 Å². The highest BCUT2D eigenvalue weighted by atomic mass is 35.5. The molecule has 0 aliphatic carbocycles. The number of fused-ring (bicyclic) bond motifs is 1. The number of nitrogens with zero attached hydrogens (tertiary/aromatic N) is 1. The van der Waals surface area contributed by atoms with Crippen molar-refractivity contribution in [2.24, 2.45) is 0 Å². The summed E-state index contributed by atoms with van der Waals surface area (Å²) in [6.45, 7) is 0. The van der Waals surface area contributed by atoms with Crippen molar-refractivity contribution >= 4 is 28.2 Å². The average molecular weight is 209 g/mol. The Bertz CT molecular complexity index is 485. The molecule has 0 fully saturated rings. The minimum Gasteiger partial charge on any atom is -0.494 e. The zero-order valence-electron chi connectivity index (χ0n) is 7.62. The lowest BCUT2D eigenvalue weighted by Crippen LogP contribution is -1.94. The van der Waals surface area contributed by atoms with E-state index in [1.165, 1.54) is 0 Å². The van der Waals surface area contributed by atoms with Gasteiger partial charge in [-0.25, -0.2) is 4.98 Å². The second kappa shape index (κ2) is 3.35. The van der Waals surface area contributed by atoms with Gasteiger partial charge in [0.1, 0.15) is 11.6 Å². The summed E-state index contributed by atoms with van der Waals surface area (Å²) < 4.78 is 5.16. The molecule has 2 rings (SSSR count). The molecule has 0 aliphatic rings. The van der Waals surface area contributed by atoms with Crippen LogP contribution in [0.1, 0.15) is 0 Å². The standard InChI is InChI=1S/C10H9ClN2O/c1-14-9-5-13-10(12)8-4-6(11)2-3-7(8)9/h2-5H,1H3,(H2,12,13). The number of hydrogen-bond donors (Lipinski definition) is 1. The maximum absolute atomic E-state index is 5.86. The number of nitrogens with two attached hydrogens (primary N) is 1. The van der Waals surface area contributed by atoms with Crippen molar-refractivity contribution in [1.82, 2.24) is 4.98 Å². The quantitative estimate of drug-likeness (QED) is 0.783. The topological polar surface area (TPSA) is 48.1 Å². The van der Waals surface area contributed by atoms with Crippen molar-refractivity contribution in [1.29, 1.82) is 0 Å². The molecule has 0 atom stereocenters. The van der Waals surface area contributed by atoms with Gasteiger partial charge in [-0.2, -0.15) is 0 Å². The summed E-state index contributed by atoms with van der Waals surface area (Å²) in [5, 5.41) is 2.38. The van der Waals surface area contributed by atoms with Crippen LogP contribution in [0.5, 0.6) is 5.75 Å². The van der Waals surface area contributed by atoms with Gasteiger partial charge < -0.3 is 10.5 Å². The van der Waals surface area contributed by atoms with Gasteiger partial charge in [-0.1, -0.05) is 11.6 Å². The van der Waals surface area contributed by atoms with Crippen LogP contribution in [0.15, 0.2) is 24.4 Å². The molecule has 0 bridgehead atoms. The molecule has 1 aromatic carbocycles. The maximum Gasteiger partial charge on any atom is 0.145 e. The summed E-state index contributed by atoms with van der Waals surface area (Å²) in [6, 6.07) is 5.45. The molecule has 0 unspecified atom stereocenters. The lowest BCUT2D eigenvalue weighted by molar-refractivity contribution is 0.418. The van der Waals surface area contributed by atoms with Crippen molar-refractivity contribution in [3.05, 3.63) is 29.4 Å². The number of nitrogen functional groups attached to an aromatic ring is 1. The monoisotopic (exact) mass is 208 g/mol. The summed E-state index contributed by atoms with van der Waals surface area (Å²) in [4.78, 5) is 4.01. The molecule has 2 N–H and O–H groups in total. The zero-order chi connectivity index (χ0) is 10.1. The molecule has 0 aliphatic heterocycles. The fraction of sp³-hybridized carbons (Fsp3) is 0.100. The SMILES string of the molecule is COc1cnc(N)c2cc(Cl)ccc12. The number of ether oxygens (including phenoxy) is 1. The smallest absolute Gasteiger partial charge is 0.145 e. The molecule has 2 aromatic rings. The first-order chi connectivity index (χ1) is 6.72. The molecule has 14 heavy (non-hydrogen) atoms. The minimum absolute atomic E-state index is 0.461. The Hall–Kier alpha value is -1.48. The second-order valence-electron chi connectivity index (χ2n) is 2.90. The number of methoxy groups -OCH3 is 1. The van der Waals surface area contributed by atoms with Crippen LogP contribution in [0.2, 0.25) is 5.02 Å². The molecule has 0 saturated carbocycles. The van der Waals surface area contributed by atoms with Gasteiger partial charge in [0.15, 0.2) is 0 Å². The molecule has 4 heteroatoms. The summed E-state index contributed by atoms with van der Waals surface area (Å²) >= 11 is 5.86. The van der Waals surface area contributed by atoms with E-state index in [1.54, 1.807) is 25.4 Å². The van der Waals surface area contributed by atoms with E-state index in [1.807, 2.05) is 6.07 Å². The van der Waals surface area contributed by atoms with Gasteiger partial charge in [0.2, 0.25) is 0 Å². The highest BCUT2D eigenvalue weighted by molar-refractivity contribution is 6.31. The van der Waals surface area contributed by atoms with E-state index in [4.69, 9.17) is 22.1 Å². The van der Waals surface area contributed by atoms with Crippen LogP contribution in [0.25, 0.3) is 10.8 Å². The first kappa shape index (κ1) is 9.09. The Morgan fingerprint density at radius 2 is 2.14 bits per heavy atom. The molecule has 3 nitrogen and oxygen atoms in total. The van der Waals surface area contributed by atoms with Crippen LogP contribution < -0.4 is 10.5 Å². The largest absolute Gasteiger partial charge is 0.494 e. The van der Waals surface area contributed by atoms with Gasteiger partial charge >= 0.3 is 0 Å². The molecule has 0 amide bonds. The molecular weight excluding hydrogens is 200 g/mol. The lowest BCUT2D eigenvalue weighted by atomic mass is 10.1. The summed E-state index contributed by atoms with van der Waals surface area (Å²) in [7, 11) is 1.60. The first-order valence-electron chi connectivity index (χ1n) is 4.10. The molecule has 0 radical (unpaired) electrons. The minimum atomic E-state index is 0.461. The summed E-state index contributed by atoms with van der Waals surface area (Å²) in [5.74, 6) is 1.16. The van der Waals surface area contributed by atoms with Crippen molar-refractivity contribution < 1.29 is 4.74 Å². The van der Waals surface area contributed by atoms with Crippen LogP contribution in [0.4, 0.5) is 5.82 Å². The van der Waals surface area contributed by atoms with E-state index < -0.39 is 0 Å². The van der Waals surface area contributed by atoms with Crippen molar-refractivity contribution in [3.8, 4) is 5.75 Å². The first-order valence-corrected chi connectivity index (χ1v) is 4.48. The third-order valence-corrected chi connectivity index (χ3v) is 2.30. The maximum atomic E-state index is 5.86. The number of anilines is 1. The average Bonchev–Trinajstić information content (AvgIpc) is 2.19. The fourth-order valence-corrected chi connectivity index (χ4v) is 1.55. The number of pyridine rings is 1. The molecular formula is C10H9ClN2O. The van der Waals surface area contributed by atoms with Gasteiger partial charge in [0, 0.05) is 15.8 Å². The van der Waals surface area contributed by atoms with Crippen LogP contribution in [-0.4, -0.2) is 12.1 Å². The van der Waals surface area contributed by atoms with Gasteiger partial charge in [0.25, 0.3) is 0 Å². The molecule has 0 spiro atoms. The number of hydrogen-bond acceptors (Lipinski definition) is 3. The van der Waals surface area contributed by atoms with Crippen molar-refractivity contribution in [2.75, 3.05) is 12.8 Å². The fourth-order valence-electron chi connectivity index (χ4n) is 1.37. The number of halogens is 1. The van der Waals surface area contributed by atoms with E-state index >= 15 is 0 Å². The van der Waals surface area contributed by atoms with E-state index in [0.717, 1.165) is 10.8 Å². The summed E-state index contributed by atoms with van der Waals surface area (Å²) in [6.07, 6.45) is 1.60. The Kier molecular flexibility index (Phi) is 2.17. The molecule has 72 valence electrons. The Morgan fingerprint density at radius 1 is 1.36 bits per heavy atom. The van der Waals surface area contributed by atoms with Gasteiger partial charge in [0.05, 0.1) is 13.3 Å². The second-order valence-corrected chi connectivity index (χ2v) is 3.34. The predicted octanol–water partition coefficient (Wildman–Crippen LogP) is 2.48. The highest BCUT2D eigenvalue weighted by Gasteiger charge is 2.05. The highest BCUT2D eigenvalue weighted by Crippen LogP contribution is 2.29. The van der Waals surface area contributed by atoms with Gasteiger partial charge in [-0.15, -0.1) is 0 Å². The van der Waals surface area contributed by atoms with E-state index in [2.05, 4.69) is 4.98 Å². The Balaban J connectivity index is 2.84. The number of benzene rings is 1. The van der Waals surface area contributed by atoms with Gasteiger partial charge in [-0.3, -0.25) is 0 Å². The van der Waals surface area contributed by atoms with Crippen molar-refractivity contribution in [3.63, 3.8) is 0 Å². The van der Waals surface area contributed by atoms with E-state index in [9.17, 15) is 0 Å². The summed E-state index contributed by atoms with van der Waals surface area (Å²) in [5.41, 5.74) is 5.72. The van der Waals surface area contributed by atoms with Crippen LogP contribution in [-0.2, 0) is 0 Å². The normalized spacial score (nSPS) is 10.4. The molecule has 1 aromatic heterocycles. The Labute approximate surface area is 86.5 Å². The molecule has 1 heterocycles. The molecule has 0 saturated heterocycles. The van der Waals surface area contributed by atoms with Crippen molar-refractivity contribution in [2.45, 2.75) is 0 Å². The number of aromatic nitrogens is 1. The Morgan fingerprint density at radius 3 is 2.86 bits per heavy atom. The van der Waals surface area contributed by atoms with Crippen LogP contribution >= 0.6 is 11.6 Å². The van der Waals surface area contributed by atoms with Gasteiger partial charge in [-0.05, 0) is 18.2 Å². The third-order valence-electron chi connectivity index (χ3n) is 2.06.